The van der Waals surface area contributed by atoms with E-state index in [1.807, 2.05) is 30.3 Å². The van der Waals surface area contributed by atoms with E-state index in [1.54, 1.807) is 0 Å². The molecule has 2 atom stereocenters. The lowest BCUT2D eigenvalue weighted by Crippen LogP contribution is -2.45. The highest BCUT2D eigenvalue weighted by Gasteiger charge is 2.24. The summed E-state index contributed by atoms with van der Waals surface area (Å²) in [6.45, 7) is 4.07. The van der Waals surface area contributed by atoms with Crippen molar-refractivity contribution in [3.05, 3.63) is 35.9 Å². The Hall–Kier alpha value is -1.39. The van der Waals surface area contributed by atoms with Crippen molar-refractivity contribution in [3.63, 3.8) is 0 Å². The average molecular weight is 290 g/mol. The van der Waals surface area contributed by atoms with Gasteiger partial charge in [-0.05, 0) is 37.7 Å². The van der Waals surface area contributed by atoms with Crippen LogP contribution in [0.1, 0.15) is 25.3 Å². The van der Waals surface area contributed by atoms with Crippen molar-refractivity contribution < 1.29 is 9.53 Å². The highest BCUT2D eigenvalue weighted by molar-refractivity contribution is 5.79. The lowest BCUT2D eigenvalue weighted by atomic mass is 9.91. The number of ether oxygens (including phenoxy) is 1. The molecule has 2 rings (SSSR count). The molecule has 1 heterocycles. The quantitative estimate of drug-likeness (QED) is 0.838. The van der Waals surface area contributed by atoms with Crippen molar-refractivity contribution in [3.8, 4) is 0 Å². The van der Waals surface area contributed by atoms with Crippen LogP contribution in [0.2, 0.25) is 0 Å². The number of nitrogens with one attached hydrogen (secondary N) is 1. The van der Waals surface area contributed by atoms with Gasteiger partial charge in [-0.15, -0.1) is 0 Å². The van der Waals surface area contributed by atoms with Crippen molar-refractivity contribution in [1.29, 1.82) is 0 Å². The molecule has 1 saturated heterocycles. The summed E-state index contributed by atoms with van der Waals surface area (Å²) in [6, 6.07) is 10.2. The van der Waals surface area contributed by atoms with Crippen molar-refractivity contribution in [2.45, 2.75) is 32.2 Å². The molecule has 1 aromatic carbocycles. The zero-order chi connectivity index (χ0) is 15.1. The number of hydrogen-bond acceptors (Lipinski definition) is 3. The van der Waals surface area contributed by atoms with E-state index in [2.05, 4.69) is 12.2 Å². The summed E-state index contributed by atoms with van der Waals surface area (Å²) in [4.78, 5) is 12.4. The van der Waals surface area contributed by atoms with Gasteiger partial charge in [0.2, 0.25) is 5.91 Å². The Morgan fingerprint density at radius 2 is 2.00 bits per heavy atom. The molecule has 1 aliphatic rings. The van der Waals surface area contributed by atoms with Crippen LogP contribution in [0.4, 0.5) is 0 Å². The maximum atomic E-state index is 12.4. The molecule has 4 heteroatoms. The van der Waals surface area contributed by atoms with Crippen molar-refractivity contribution in [2.75, 3.05) is 19.8 Å². The minimum Gasteiger partial charge on any atom is -0.381 e. The topological polar surface area (TPSA) is 64.4 Å². The number of hydrogen-bond donors (Lipinski definition) is 2. The average Bonchev–Trinajstić information content (AvgIpc) is 2.54. The number of rotatable bonds is 6. The predicted octanol–water partition coefficient (Wildman–Crippen LogP) is 1.74. The van der Waals surface area contributed by atoms with Gasteiger partial charge in [-0.2, -0.15) is 0 Å². The molecule has 116 valence electrons. The third-order valence-corrected chi connectivity index (χ3v) is 4.32. The maximum Gasteiger partial charge on any atom is 0.224 e. The molecular formula is C17H26N2O2. The summed E-state index contributed by atoms with van der Waals surface area (Å²) in [5.41, 5.74) is 6.95. The van der Waals surface area contributed by atoms with E-state index in [0.29, 0.717) is 18.9 Å². The molecule has 2 unspecified atom stereocenters. The Kier molecular flexibility index (Phi) is 6.21. The van der Waals surface area contributed by atoms with Crippen LogP contribution in [0.15, 0.2) is 30.3 Å². The van der Waals surface area contributed by atoms with Crippen molar-refractivity contribution in [2.24, 2.45) is 17.6 Å². The van der Waals surface area contributed by atoms with Gasteiger partial charge < -0.3 is 15.8 Å². The molecule has 3 N–H and O–H groups in total. The Morgan fingerprint density at radius 3 is 2.62 bits per heavy atom. The second-order valence-corrected chi connectivity index (χ2v) is 5.87. The van der Waals surface area contributed by atoms with Crippen LogP contribution in [-0.2, 0) is 16.0 Å². The van der Waals surface area contributed by atoms with Gasteiger partial charge in [0.1, 0.15) is 0 Å². The first-order valence-electron chi connectivity index (χ1n) is 7.82. The SMILES string of the molecule is CC(NC(=O)C(CN)Cc1ccccc1)C1CCOCC1. The summed E-state index contributed by atoms with van der Waals surface area (Å²) in [5.74, 6) is 0.424. The fraction of sp³-hybridized carbons (Fsp3) is 0.588. The highest BCUT2D eigenvalue weighted by Crippen LogP contribution is 2.19. The highest BCUT2D eigenvalue weighted by atomic mass is 16.5. The van der Waals surface area contributed by atoms with Crippen LogP contribution in [0.5, 0.6) is 0 Å². The first-order chi connectivity index (χ1) is 10.2. The summed E-state index contributed by atoms with van der Waals surface area (Å²) in [6.07, 6.45) is 2.74. The zero-order valence-corrected chi connectivity index (χ0v) is 12.8. The molecule has 0 bridgehead atoms. The van der Waals surface area contributed by atoms with Gasteiger partial charge in [0.05, 0.1) is 5.92 Å². The molecule has 1 aromatic rings. The third-order valence-electron chi connectivity index (χ3n) is 4.32. The molecule has 0 aliphatic carbocycles. The number of carbonyl (C=O) groups excluding carboxylic acids is 1. The van der Waals surface area contributed by atoms with Gasteiger partial charge in [0, 0.05) is 25.8 Å². The van der Waals surface area contributed by atoms with E-state index < -0.39 is 0 Å². The van der Waals surface area contributed by atoms with Crippen LogP contribution in [-0.4, -0.2) is 31.7 Å². The van der Waals surface area contributed by atoms with Crippen molar-refractivity contribution >= 4 is 5.91 Å². The maximum absolute atomic E-state index is 12.4. The Balaban J connectivity index is 1.87. The zero-order valence-electron chi connectivity index (χ0n) is 12.8. The van der Waals surface area contributed by atoms with E-state index >= 15 is 0 Å². The summed E-state index contributed by atoms with van der Waals surface area (Å²) >= 11 is 0. The lowest BCUT2D eigenvalue weighted by molar-refractivity contribution is -0.125. The first kappa shape index (κ1) is 16.0. The molecule has 4 nitrogen and oxygen atoms in total. The Morgan fingerprint density at radius 1 is 1.33 bits per heavy atom. The van der Waals surface area contributed by atoms with Gasteiger partial charge in [0.25, 0.3) is 0 Å². The van der Waals surface area contributed by atoms with Gasteiger partial charge in [-0.1, -0.05) is 30.3 Å². The van der Waals surface area contributed by atoms with Gasteiger partial charge in [-0.3, -0.25) is 4.79 Å². The number of amides is 1. The van der Waals surface area contributed by atoms with Gasteiger partial charge >= 0.3 is 0 Å². The van der Waals surface area contributed by atoms with Gasteiger partial charge in [-0.25, -0.2) is 0 Å². The van der Waals surface area contributed by atoms with E-state index in [9.17, 15) is 4.79 Å². The van der Waals surface area contributed by atoms with Crippen LogP contribution >= 0.6 is 0 Å². The molecule has 1 fully saturated rings. The Bertz CT molecular complexity index is 430. The second kappa shape index (κ2) is 8.15. The van der Waals surface area contributed by atoms with E-state index in [0.717, 1.165) is 31.6 Å². The monoisotopic (exact) mass is 290 g/mol. The number of benzene rings is 1. The summed E-state index contributed by atoms with van der Waals surface area (Å²) in [5, 5.41) is 3.15. The largest absolute Gasteiger partial charge is 0.381 e. The predicted molar refractivity (Wildman–Crippen MR) is 83.8 cm³/mol. The molecule has 1 amide bonds. The van der Waals surface area contributed by atoms with E-state index in [4.69, 9.17) is 10.5 Å². The molecule has 0 radical (unpaired) electrons. The molecule has 1 aliphatic heterocycles. The molecule has 0 spiro atoms. The van der Waals surface area contributed by atoms with Gasteiger partial charge in [0.15, 0.2) is 0 Å². The van der Waals surface area contributed by atoms with Crippen molar-refractivity contribution in [1.82, 2.24) is 5.32 Å². The van der Waals surface area contributed by atoms with Crippen LogP contribution in [0.3, 0.4) is 0 Å². The lowest BCUT2D eigenvalue weighted by Gasteiger charge is -2.29. The summed E-state index contributed by atoms with van der Waals surface area (Å²) < 4.78 is 5.37. The second-order valence-electron chi connectivity index (χ2n) is 5.87. The Labute approximate surface area is 127 Å². The third kappa shape index (κ3) is 4.83. The first-order valence-corrected chi connectivity index (χ1v) is 7.82. The standard InChI is InChI=1S/C17H26N2O2/c1-13(15-7-9-21-10-8-15)19-17(20)16(12-18)11-14-5-3-2-4-6-14/h2-6,13,15-16H,7-12,18H2,1H3,(H,19,20). The van der Waals surface area contributed by atoms with E-state index in [1.165, 1.54) is 0 Å². The molecule has 0 aromatic heterocycles. The molecule has 21 heavy (non-hydrogen) atoms. The van der Waals surface area contributed by atoms with Crippen LogP contribution < -0.4 is 11.1 Å². The minimum atomic E-state index is -0.158. The van der Waals surface area contributed by atoms with E-state index in [-0.39, 0.29) is 17.9 Å². The number of nitrogens with two attached hydrogens (primary N) is 1. The summed E-state index contributed by atoms with van der Waals surface area (Å²) in [7, 11) is 0. The molecule has 0 saturated carbocycles. The number of carbonyl (C=O) groups is 1. The fourth-order valence-corrected chi connectivity index (χ4v) is 2.86. The van der Waals surface area contributed by atoms with Crippen LogP contribution in [0, 0.1) is 11.8 Å². The molecular weight excluding hydrogens is 264 g/mol. The minimum absolute atomic E-state index is 0.0698. The fourth-order valence-electron chi connectivity index (χ4n) is 2.86. The van der Waals surface area contributed by atoms with Crippen LogP contribution in [0.25, 0.3) is 0 Å². The normalized spacial score (nSPS) is 19.0. The smallest absolute Gasteiger partial charge is 0.224 e.